The van der Waals surface area contributed by atoms with Crippen molar-refractivity contribution < 1.29 is 9.59 Å². The molecule has 0 aromatic heterocycles. The molecule has 100 valence electrons. The summed E-state index contributed by atoms with van der Waals surface area (Å²) in [5.41, 5.74) is 1.31. The van der Waals surface area contributed by atoms with Crippen molar-refractivity contribution in [3.63, 3.8) is 0 Å². The number of halogens is 1. The van der Waals surface area contributed by atoms with Gasteiger partial charge in [0.1, 0.15) is 6.04 Å². The van der Waals surface area contributed by atoms with Crippen LogP contribution < -0.4 is 10.6 Å². The van der Waals surface area contributed by atoms with Gasteiger partial charge in [-0.1, -0.05) is 18.2 Å². The van der Waals surface area contributed by atoms with E-state index in [9.17, 15) is 9.59 Å². The monoisotopic (exact) mass is 280 g/mol. The summed E-state index contributed by atoms with van der Waals surface area (Å²) >= 11 is 5.46. The maximum absolute atomic E-state index is 11.5. The number of nitrogens with one attached hydrogen (secondary N) is 2. The number of amides is 3. The van der Waals surface area contributed by atoms with Crippen molar-refractivity contribution in [2.24, 2.45) is 10.2 Å². The van der Waals surface area contributed by atoms with E-state index in [1.54, 1.807) is 12.1 Å². The third kappa shape index (κ3) is 3.29. The molecule has 0 saturated heterocycles. The fraction of sp³-hybridized carbons (Fsp3) is 0.333. The molecule has 6 nitrogen and oxygen atoms in total. The van der Waals surface area contributed by atoms with Crippen LogP contribution in [0.1, 0.15) is 22.0 Å². The van der Waals surface area contributed by atoms with Gasteiger partial charge in [0.25, 0.3) is 5.91 Å². The van der Waals surface area contributed by atoms with E-state index >= 15 is 0 Å². The summed E-state index contributed by atoms with van der Waals surface area (Å²) in [5.74, 6) is 0.00639. The molecule has 1 atom stereocenters. The minimum Gasteiger partial charge on any atom is -0.337 e. The summed E-state index contributed by atoms with van der Waals surface area (Å²) < 4.78 is 0. The van der Waals surface area contributed by atoms with Gasteiger partial charge in [-0.2, -0.15) is 5.11 Å². The lowest BCUT2D eigenvalue weighted by Crippen LogP contribution is -2.38. The fourth-order valence-electron chi connectivity index (χ4n) is 1.78. The van der Waals surface area contributed by atoms with Crippen LogP contribution in [0.15, 0.2) is 34.5 Å². The molecule has 2 N–H and O–H groups in total. The summed E-state index contributed by atoms with van der Waals surface area (Å²) in [7, 11) is 0. The highest BCUT2D eigenvalue weighted by atomic mass is 35.5. The van der Waals surface area contributed by atoms with Crippen LogP contribution >= 0.6 is 11.6 Å². The van der Waals surface area contributed by atoms with E-state index in [4.69, 9.17) is 11.6 Å². The van der Waals surface area contributed by atoms with E-state index in [0.717, 1.165) is 5.56 Å². The number of carbonyl (C=O) groups is 2. The average molecular weight is 281 g/mol. The minimum absolute atomic E-state index is 0.280. The Labute approximate surface area is 115 Å². The second kappa shape index (κ2) is 6.29. The van der Waals surface area contributed by atoms with E-state index in [0.29, 0.717) is 18.0 Å². The Kier molecular flexibility index (Phi) is 4.46. The van der Waals surface area contributed by atoms with Crippen molar-refractivity contribution in [1.29, 1.82) is 0 Å². The van der Waals surface area contributed by atoms with Crippen LogP contribution in [-0.2, 0) is 0 Å². The molecule has 1 aromatic carbocycles. The van der Waals surface area contributed by atoms with Crippen LogP contribution in [0.5, 0.6) is 0 Å². The lowest BCUT2D eigenvalue weighted by molar-refractivity contribution is 0.0985. The van der Waals surface area contributed by atoms with E-state index in [-0.39, 0.29) is 24.5 Å². The van der Waals surface area contributed by atoms with Gasteiger partial charge in [-0.3, -0.25) is 4.79 Å². The first kappa shape index (κ1) is 13.5. The van der Waals surface area contributed by atoms with Gasteiger partial charge in [0.05, 0.1) is 0 Å². The van der Waals surface area contributed by atoms with Crippen LogP contribution in [0.3, 0.4) is 0 Å². The molecule has 0 aliphatic carbocycles. The molecule has 2 rings (SSSR count). The summed E-state index contributed by atoms with van der Waals surface area (Å²) in [6.07, 6.45) is 0. The predicted octanol–water partition coefficient (Wildman–Crippen LogP) is 1.87. The summed E-state index contributed by atoms with van der Waals surface area (Å²) in [4.78, 5) is 22.9. The molecule has 0 fully saturated rings. The number of nitrogens with zero attached hydrogens (tertiary/aromatic N) is 2. The molecule has 0 radical (unpaired) electrons. The van der Waals surface area contributed by atoms with Crippen molar-refractivity contribution in [2.75, 3.05) is 19.0 Å². The van der Waals surface area contributed by atoms with E-state index in [2.05, 4.69) is 20.9 Å². The molecule has 0 bridgehead atoms. The first-order chi connectivity index (χ1) is 9.22. The van der Waals surface area contributed by atoms with Crippen molar-refractivity contribution >= 4 is 23.5 Å². The molecular formula is C12H13ClN4O2. The van der Waals surface area contributed by atoms with E-state index < -0.39 is 0 Å². The normalized spacial score (nSPS) is 16.9. The standard InChI is InChI=1S/C12H13ClN4O2/c13-5-6-14-12(19)15-7-10-8-3-1-2-4-9(8)11(18)17-16-10/h1-4,10H,5-7H2,(H2,14,15,19). The number of rotatable bonds is 4. The summed E-state index contributed by atoms with van der Waals surface area (Å²) in [6.45, 7) is 0.677. The van der Waals surface area contributed by atoms with Crippen LogP contribution in [0.2, 0.25) is 0 Å². The van der Waals surface area contributed by atoms with Crippen molar-refractivity contribution in [3.8, 4) is 0 Å². The maximum Gasteiger partial charge on any atom is 0.314 e. The molecule has 1 aliphatic rings. The average Bonchev–Trinajstić information content (AvgIpc) is 2.45. The third-order valence-corrected chi connectivity index (χ3v) is 2.86. The zero-order chi connectivity index (χ0) is 13.7. The SMILES string of the molecule is O=C(NCCCl)NCC1N=NC(=O)c2ccccc21. The molecule has 7 heteroatoms. The fourth-order valence-corrected chi connectivity index (χ4v) is 1.88. The van der Waals surface area contributed by atoms with E-state index in [1.807, 2.05) is 12.1 Å². The second-order valence-electron chi connectivity index (χ2n) is 3.95. The van der Waals surface area contributed by atoms with Crippen LogP contribution in [0, 0.1) is 0 Å². The lowest BCUT2D eigenvalue weighted by Gasteiger charge is -2.18. The second-order valence-corrected chi connectivity index (χ2v) is 4.33. The van der Waals surface area contributed by atoms with Crippen molar-refractivity contribution in [2.45, 2.75) is 6.04 Å². The molecule has 1 aromatic rings. The van der Waals surface area contributed by atoms with Crippen LogP contribution in [0.4, 0.5) is 4.79 Å². The number of benzene rings is 1. The number of urea groups is 1. The first-order valence-electron chi connectivity index (χ1n) is 5.84. The van der Waals surface area contributed by atoms with E-state index in [1.165, 1.54) is 0 Å². The third-order valence-electron chi connectivity index (χ3n) is 2.67. The Morgan fingerprint density at radius 2 is 2.11 bits per heavy atom. The number of azo groups is 1. The minimum atomic E-state index is -0.349. The molecule has 0 spiro atoms. The van der Waals surface area contributed by atoms with Crippen LogP contribution in [-0.4, -0.2) is 30.9 Å². The Morgan fingerprint density at radius 1 is 1.32 bits per heavy atom. The highest BCUT2D eigenvalue weighted by Gasteiger charge is 2.23. The largest absolute Gasteiger partial charge is 0.337 e. The van der Waals surface area contributed by atoms with Gasteiger partial charge in [0.15, 0.2) is 0 Å². The highest BCUT2D eigenvalue weighted by molar-refractivity contribution is 6.18. The quantitative estimate of drug-likeness (QED) is 0.825. The Balaban J connectivity index is 2.00. The first-order valence-corrected chi connectivity index (χ1v) is 6.37. The van der Waals surface area contributed by atoms with Gasteiger partial charge in [0, 0.05) is 24.5 Å². The summed E-state index contributed by atoms with van der Waals surface area (Å²) in [6, 6.07) is 6.47. The molecular weight excluding hydrogens is 268 g/mol. The Hall–Kier alpha value is -1.95. The number of carbonyl (C=O) groups excluding carboxylic acids is 2. The zero-order valence-electron chi connectivity index (χ0n) is 10.1. The smallest absolute Gasteiger partial charge is 0.314 e. The molecule has 1 aliphatic heterocycles. The number of alkyl halides is 1. The van der Waals surface area contributed by atoms with Gasteiger partial charge in [-0.25, -0.2) is 4.79 Å². The molecule has 19 heavy (non-hydrogen) atoms. The predicted molar refractivity (Wildman–Crippen MR) is 70.5 cm³/mol. The van der Waals surface area contributed by atoms with Gasteiger partial charge in [0.2, 0.25) is 0 Å². The highest BCUT2D eigenvalue weighted by Crippen LogP contribution is 2.26. The van der Waals surface area contributed by atoms with Gasteiger partial charge in [-0.05, 0) is 11.6 Å². The van der Waals surface area contributed by atoms with Gasteiger partial charge >= 0.3 is 6.03 Å². The van der Waals surface area contributed by atoms with Gasteiger partial charge < -0.3 is 10.6 Å². The number of hydrogen-bond donors (Lipinski definition) is 2. The van der Waals surface area contributed by atoms with Crippen LogP contribution in [0.25, 0.3) is 0 Å². The summed E-state index contributed by atoms with van der Waals surface area (Å²) in [5, 5.41) is 12.7. The van der Waals surface area contributed by atoms with Crippen molar-refractivity contribution in [1.82, 2.24) is 10.6 Å². The van der Waals surface area contributed by atoms with Gasteiger partial charge in [-0.15, -0.1) is 16.7 Å². The number of fused-ring (bicyclic) bond motifs is 1. The molecule has 3 amide bonds. The molecule has 1 unspecified atom stereocenters. The topological polar surface area (TPSA) is 82.9 Å². The molecule has 1 heterocycles. The lowest BCUT2D eigenvalue weighted by atomic mass is 9.99. The Bertz CT molecular complexity index is 518. The Morgan fingerprint density at radius 3 is 2.89 bits per heavy atom. The zero-order valence-corrected chi connectivity index (χ0v) is 10.9. The maximum atomic E-state index is 11.5. The number of hydrogen-bond acceptors (Lipinski definition) is 3. The van der Waals surface area contributed by atoms with Crippen molar-refractivity contribution in [3.05, 3.63) is 35.4 Å². The molecule has 0 saturated carbocycles.